The van der Waals surface area contributed by atoms with Gasteiger partial charge < -0.3 is 9.97 Å². The Hall–Kier alpha value is -3.92. The number of fused-ring (bicyclic) bond motifs is 11. The van der Waals surface area contributed by atoms with E-state index in [1.807, 2.05) is 12.2 Å². The Morgan fingerprint density at radius 2 is 1.37 bits per heavy atom. The van der Waals surface area contributed by atoms with E-state index in [2.05, 4.69) is 83.6 Å². The molecular formula is C26H20N4. The number of hydrogen-bond acceptors (Lipinski definition) is 2. The van der Waals surface area contributed by atoms with E-state index >= 15 is 0 Å². The number of aryl methyl sites for hydroxylation is 1. The van der Waals surface area contributed by atoms with Crippen LogP contribution >= 0.6 is 0 Å². The van der Waals surface area contributed by atoms with Crippen molar-refractivity contribution in [2.45, 2.75) is 13.3 Å². The van der Waals surface area contributed by atoms with Crippen molar-refractivity contribution in [2.75, 3.05) is 0 Å². The predicted molar refractivity (Wildman–Crippen MR) is 124 cm³/mol. The highest BCUT2D eigenvalue weighted by Crippen LogP contribution is 2.36. The normalized spacial score (nSPS) is 12.2. The average molecular weight is 388 g/mol. The average Bonchev–Trinajstić information content (AvgIpc) is 3.52. The minimum absolute atomic E-state index is 0.915. The second-order valence-electron chi connectivity index (χ2n) is 7.69. The highest BCUT2D eigenvalue weighted by molar-refractivity contribution is 5.87. The van der Waals surface area contributed by atoms with Crippen molar-refractivity contribution in [1.82, 2.24) is 19.9 Å². The Balaban J connectivity index is 1.74. The number of aromatic nitrogens is 4. The third-order valence-electron chi connectivity index (χ3n) is 5.65. The van der Waals surface area contributed by atoms with Crippen molar-refractivity contribution in [3.63, 3.8) is 0 Å². The first kappa shape index (κ1) is 17.0. The Bertz CT molecular complexity index is 1480. The van der Waals surface area contributed by atoms with Gasteiger partial charge in [0, 0.05) is 33.2 Å². The van der Waals surface area contributed by atoms with Crippen LogP contribution in [0, 0.1) is 0 Å². The molecule has 0 aliphatic carbocycles. The predicted octanol–water partition coefficient (Wildman–Crippen LogP) is 6.38. The van der Waals surface area contributed by atoms with Gasteiger partial charge in [-0.05, 0) is 66.6 Å². The molecule has 1 aromatic carbocycles. The quantitative estimate of drug-likeness (QED) is 0.343. The lowest BCUT2D eigenvalue weighted by atomic mass is 10.0. The number of nitrogens with one attached hydrogen (secondary N) is 2. The van der Waals surface area contributed by atoms with E-state index in [1.165, 1.54) is 5.56 Å². The summed E-state index contributed by atoms with van der Waals surface area (Å²) < 4.78 is 0. The SMILES string of the molecule is CCc1cc2cc3ccc(cc4nc(cc5nc(cc1[nH]2)-c1ccccc1-5)C=C4)[nH]3. The zero-order valence-corrected chi connectivity index (χ0v) is 16.6. The molecule has 5 heterocycles. The Labute approximate surface area is 174 Å². The Morgan fingerprint density at radius 1 is 0.667 bits per heavy atom. The summed E-state index contributed by atoms with van der Waals surface area (Å²) in [4.78, 5) is 16.8. The minimum atomic E-state index is 0.915. The monoisotopic (exact) mass is 388 g/mol. The third kappa shape index (κ3) is 2.85. The molecule has 2 aliphatic heterocycles. The van der Waals surface area contributed by atoms with Crippen LogP contribution in [0.1, 0.15) is 23.9 Å². The molecule has 3 aromatic heterocycles. The lowest BCUT2D eigenvalue weighted by molar-refractivity contribution is 1.16. The fourth-order valence-electron chi connectivity index (χ4n) is 4.19. The molecule has 0 amide bonds. The number of hydrogen-bond donors (Lipinski definition) is 2. The van der Waals surface area contributed by atoms with Crippen molar-refractivity contribution in [3.8, 4) is 22.5 Å². The summed E-state index contributed by atoms with van der Waals surface area (Å²) in [6.45, 7) is 2.18. The topological polar surface area (TPSA) is 57.4 Å². The van der Waals surface area contributed by atoms with E-state index in [-0.39, 0.29) is 0 Å². The van der Waals surface area contributed by atoms with Gasteiger partial charge in [-0.15, -0.1) is 0 Å². The summed E-state index contributed by atoms with van der Waals surface area (Å²) in [6.07, 6.45) is 5.03. The van der Waals surface area contributed by atoms with Crippen LogP contribution in [0.5, 0.6) is 0 Å². The largest absolute Gasteiger partial charge is 0.355 e. The molecule has 0 atom stereocenters. The highest BCUT2D eigenvalue weighted by Gasteiger charge is 2.16. The molecule has 0 saturated heterocycles. The fraction of sp³-hybridized carbons (Fsp3) is 0.0769. The van der Waals surface area contributed by atoms with Crippen LogP contribution in [-0.4, -0.2) is 19.9 Å². The highest BCUT2D eigenvalue weighted by atomic mass is 14.8. The number of rotatable bonds is 1. The molecule has 4 nitrogen and oxygen atoms in total. The van der Waals surface area contributed by atoms with E-state index in [9.17, 15) is 0 Å². The molecule has 0 radical (unpaired) electrons. The Morgan fingerprint density at radius 3 is 2.13 bits per heavy atom. The maximum Gasteiger partial charge on any atom is 0.0737 e. The summed E-state index contributed by atoms with van der Waals surface area (Å²) in [5, 5.41) is 0. The van der Waals surface area contributed by atoms with Gasteiger partial charge in [-0.25, -0.2) is 9.97 Å². The smallest absolute Gasteiger partial charge is 0.0737 e. The molecule has 4 heteroatoms. The lowest BCUT2D eigenvalue weighted by Crippen LogP contribution is -1.77. The van der Waals surface area contributed by atoms with E-state index in [0.29, 0.717) is 0 Å². The molecule has 30 heavy (non-hydrogen) atoms. The Kier molecular flexibility index (Phi) is 3.71. The molecule has 0 spiro atoms. The summed E-state index contributed by atoms with van der Waals surface area (Å²) in [5.41, 5.74) is 11.6. The van der Waals surface area contributed by atoms with E-state index < -0.39 is 0 Å². The van der Waals surface area contributed by atoms with Gasteiger partial charge in [0.25, 0.3) is 0 Å². The van der Waals surface area contributed by atoms with Crippen molar-refractivity contribution >= 4 is 34.2 Å². The maximum atomic E-state index is 4.98. The number of nitrogens with zero attached hydrogens (tertiary/aromatic N) is 2. The maximum absolute atomic E-state index is 4.98. The van der Waals surface area contributed by atoms with Gasteiger partial charge in [-0.1, -0.05) is 31.2 Å². The zero-order chi connectivity index (χ0) is 20.1. The van der Waals surface area contributed by atoms with Crippen LogP contribution in [0.2, 0.25) is 0 Å². The molecule has 2 aliphatic rings. The van der Waals surface area contributed by atoms with Crippen molar-refractivity contribution in [2.24, 2.45) is 0 Å². The van der Waals surface area contributed by atoms with Crippen LogP contribution in [0.4, 0.5) is 0 Å². The zero-order valence-electron chi connectivity index (χ0n) is 16.6. The molecule has 0 unspecified atom stereocenters. The van der Waals surface area contributed by atoms with Crippen molar-refractivity contribution in [1.29, 1.82) is 0 Å². The molecular weight excluding hydrogens is 368 g/mol. The van der Waals surface area contributed by atoms with E-state index in [0.717, 1.165) is 62.4 Å². The van der Waals surface area contributed by atoms with Crippen LogP contribution in [0.3, 0.4) is 0 Å². The van der Waals surface area contributed by atoms with Gasteiger partial charge in [-0.2, -0.15) is 0 Å². The summed E-state index contributed by atoms with van der Waals surface area (Å²) >= 11 is 0. The third-order valence-corrected chi connectivity index (χ3v) is 5.65. The second-order valence-corrected chi connectivity index (χ2v) is 7.69. The van der Waals surface area contributed by atoms with E-state index in [1.54, 1.807) is 0 Å². The standard InChI is InChI=1S/C26H20N4/c1-2-16-11-21-13-19-8-7-17(27-19)12-18-9-10-20(28-18)14-25-22-5-3-4-6-23(22)26(30-25)15-24(16)29-21/h3-15,27,29H,2H2,1H3. The number of aromatic amines is 2. The minimum Gasteiger partial charge on any atom is -0.355 e. The molecule has 6 rings (SSSR count). The first-order valence-electron chi connectivity index (χ1n) is 10.2. The molecule has 2 N–H and O–H groups in total. The number of H-pyrrole nitrogens is 2. The molecule has 0 saturated carbocycles. The summed E-state index contributed by atoms with van der Waals surface area (Å²) in [6, 6.07) is 23.2. The second kappa shape index (κ2) is 6.56. The van der Waals surface area contributed by atoms with Crippen molar-refractivity contribution < 1.29 is 0 Å². The van der Waals surface area contributed by atoms with Crippen molar-refractivity contribution in [3.05, 3.63) is 83.7 Å². The van der Waals surface area contributed by atoms with Crippen LogP contribution in [0.15, 0.2) is 66.7 Å². The van der Waals surface area contributed by atoms with Gasteiger partial charge in [-0.3, -0.25) is 0 Å². The first-order valence-corrected chi connectivity index (χ1v) is 10.2. The van der Waals surface area contributed by atoms with Gasteiger partial charge in [0.2, 0.25) is 0 Å². The molecule has 144 valence electrons. The molecule has 8 bridgehead atoms. The fourth-order valence-corrected chi connectivity index (χ4v) is 4.19. The summed E-state index contributed by atoms with van der Waals surface area (Å²) in [7, 11) is 0. The van der Waals surface area contributed by atoms with Crippen LogP contribution in [-0.2, 0) is 6.42 Å². The van der Waals surface area contributed by atoms with Gasteiger partial charge in [0.15, 0.2) is 0 Å². The van der Waals surface area contributed by atoms with Gasteiger partial charge in [0.05, 0.1) is 22.8 Å². The van der Waals surface area contributed by atoms with Crippen LogP contribution in [0.25, 0.3) is 56.7 Å². The van der Waals surface area contributed by atoms with Crippen LogP contribution < -0.4 is 0 Å². The van der Waals surface area contributed by atoms with E-state index in [4.69, 9.17) is 9.97 Å². The van der Waals surface area contributed by atoms with Gasteiger partial charge in [0.1, 0.15) is 0 Å². The van der Waals surface area contributed by atoms with Gasteiger partial charge >= 0.3 is 0 Å². The first-order chi connectivity index (χ1) is 14.7. The molecule has 4 aromatic rings. The lowest BCUT2D eigenvalue weighted by Gasteiger charge is -1.97. The molecule has 0 fully saturated rings. The summed E-state index contributed by atoms with van der Waals surface area (Å²) in [5.74, 6) is 0. The number of benzene rings is 1.